The van der Waals surface area contributed by atoms with Gasteiger partial charge in [-0.3, -0.25) is 0 Å². The van der Waals surface area contributed by atoms with Crippen molar-refractivity contribution < 1.29 is 0 Å². The first-order chi connectivity index (χ1) is 8.43. The van der Waals surface area contributed by atoms with E-state index in [4.69, 9.17) is 0 Å². The van der Waals surface area contributed by atoms with Crippen LogP contribution in [0.5, 0.6) is 0 Å². The predicted octanol–water partition coefficient (Wildman–Crippen LogP) is 3.15. The van der Waals surface area contributed by atoms with E-state index in [9.17, 15) is 0 Å². The van der Waals surface area contributed by atoms with Crippen LogP contribution in [0.2, 0.25) is 0 Å². The van der Waals surface area contributed by atoms with E-state index in [1.54, 1.807) is 0 Å². The number of hydrogen-bond acceptors (Lipinski definition) is 2. The number of benzene rings is 1. The number of rotatable bonds is 4. The molecule has 0 amide bonds. The third-order valence-corrected chi connectivity index (χ3v) is 4.78. The highest BCUT2D eigenvalue weighted by Crippen LogP contribution is 2.25. The minimum absolute atomic E-state index is 0.834. The van der Waals surface area contributed by atoms with Gasteiger partial charge >= 0.3 is 0 Å². The minimum atomic E-state index is 0.834. The highest BCUT2D eigenvalue weighted by atomic mass is 32.2. The van der Waals surface area contributed by atoms with E-state index < -0.39 is 0 Å². The van der Waals surface area contributed by atoms with Crippen LogP contribution in [0.4, 0.5) is 0 Å². The monoisotopic (exact) mass is 246 g/mol. The summed E-state index contributed by atoms with van der Waals surface area (Å²) in [5.41, 5.74) is 2.61. The van der Waals surface area contributed by atoms with Gasteiger partial charge in [-0.25, -0.2) is 0 Å². The SMILES string of the molecule is c1ccc2c(CNCC3CCCS3)c[nH]c2c1. The van der Waals surface area contributed by atoms with Crippen molar-refractivity contribution >= 4 is 22.7 Å². The Morgan fingerprint density at radius 2 is 2.29 bits per heavy atom. The van der Waals surface area contributed by atoms with Gasteiger partial charge in [-0.2, -0.15) is 11.8 Å². The van der Waals surface area contributed by atoms with Gasteiger partial charge in [-0.05, 0) is 30.2 Å². The summed E-state index contributed by atoms with van der Waals surface area (Å²) in [6, 6.07) is 8.50. The molecule has 1 unspecified atom stereocenters. The third-order valence-electron chi connectivity index (χ3n) is 3.39. The van der Waals surface area contributed by atoms with E-state index in [-0.39, 0.29) is 0 Å². The van der Waals surface area contributed by atoms with Crippen LogP contribution in [0, 0.1) is 0 Å². The van der Waals surface area contributed by atoms with Crippen molar-refractivity contribution in [1.29, 1.82) is 0 Å². The molecule has 1 fully saturated rings. The van der Waals surface area contributed by atoms with Crippen LogP contribution >= 0.6 is 11.8 Å². The summed E-state index contributed by atoms with van der Waals surface area (Å²) in [5.74, 6) is 1.35. The Bertz CT molecular complexity index is 486. The van der Waals surface area contributed by atoms with Crippen molar-refractivity contribution in [2.75, 3.05) is 12.3 Å². The number of hydrogen-bond donors (Lipinski definition) is 2. The molecule has 2 N–H and O–H groups in total. The molecule has 1 aliphatic heterocycles. The molecular weight excluding hydrogens is 228 g/mol. The van der Waals surface area contributed by atoms with Gasteiger partial charge in [0.15, 0.2) is 0 Å². The molecule has 1 saturated heterocycles. The molecule has 3 rings (SSSR count). The Balaban J connectivity index is 1.60. The second-order valence-electron chi connectivity index (χ2n) is 4.63. The molecule has 0 bridgehead atoms. The van der Waals surface area contributed by atoms with E-state index >= 15 is 0 Å². The van der Waals surface area contributed by atoms with Crippen LogP contribution in [0.3, 0.4) is 0 Å². The maximum Gasteiger partial charge on any atom is 0.0457 e. The number of fused-ring (bicyclic) bond motifs is 1. The summed E-state index contributed by atoms with van der Waals surface area (Å²) >= 11 is 2.11. The largest absolute Gasteiger partial charge is 0.361 e. The summed E-state index contributed by atoms with van der Waals surface area (Å²) in [6.45, 7) is 2.12. The maximum atomic E-state index is 3.58. The number of thioether (sulfide) groups is 1. The molecule has 1 atom stereocenters. The Morgan fingerprint density at radius 3 is 3.18 bits per heavy atom. The molecule has 0 aliphatic carbocycles. The van der Waals surface area contributed by atoms with Gasteiger partial charge in [0.2, 0.25) is 0 Å². The molecule has 17 heavy (non-hydrogen) atoms. The zero-order chi connectivity index (χ0) is 11.5. The Kier molecular flexibility index (Phi) is 3.39. The van der Waals surface area contributed by atoms with Gasteiger partial charge in [0.25, 0.3) is 0 Å². The fraction of sp³-hybridized carbons (Fsp3) is 0.429. The average Bonchev–Trinajstić information content (AvgIpc) is 2.99. The van der Waals surface area contributed by atoms with Gasteiger partial charge in [0.1, 0.15) is 0 Å². The Hall–Kier alpha value is -0.930. The lowest BCUT2D eigenvalue weighted by molar-refractivity contribution is 0.647. The second-order valence-corrected chi connectivity index (χ2v) is 6.03. The molecule has 0 spiro atoms. The normalized spacial score (nSPS) is 20.1. The summed E-state index contributed by atoms with van der Waals surface area (Å²) < 4.78 is 0. The molecule has 1 aliphatic rings. The number of aromatic amines is 1. The molecule has 1 aromatic heterocycles. The average molecular weight is 246 g/mol. The number of H-pyrrole nitrogens is 1. The first kappa shape index (κ1) is 11.2. The molecule has 90 valence electrons. The van der Waals surface area contributed by atoms with Crippen molar-refractivity contribution in [3.8, 4) is 0 Å². The standard InChI is InChI=1S/C14H18N2S/c1-2-6-14-13(5-1)11(9-16-14)8-15-10-12-4-3-7-17-12/h1-2,5-6,9,12,15-16H,3-4,7-8,10H2. The van der Waals surface area contributed by atoms with Crippen LogP contribution in [-0.2, 0) is 6.54 Å². The number of nitrogens with one attached hydrogen (secondary N) is 2. The fourth-order valence-corrected chi connectivity index (χ4v) is 3.69. The molecule has 2 heterocycles. The Labute approximate surface area is 106 Å². The minimum Gasteiger partial charge on any atom is -0.361 e. The number of aromatic nitrogens is 1. The lowest BCUT2D eigenvalue weighted by Crippen LogP contribution is -2.22. The van der Waals surface area contributed by atoms with E-state index in [1.165, 1.54) is 35.1 Å². The highest BCUT2D eigenvalue weighted by molar-refractivity contribution is 8.00. The highest BCUT2D eigenvalue weighted by Gasteiger charge is 2.14. The lowest BCUT2D eigenvalue weighted by Gasteiger charge is -2.09. The van der Waals surface area contributed by atoms with Gasteiger partial charge in [0.05, 0.1) is 0 Å². The number of para-hydroxylation sites is 1. The van der Waals surface area contributed by atoms with E-state index in [1.807, 2.05) is 0 Å². The lowest BCUT2D eigenvalue weighted by atomic mass is 10.2. The van der Waals surface area contributed by atoms with Gasteiger partial charge in [-0.1, -0.05) is 18.2 Å². The third kappa shape index (κ3) is 2.50. The summed E-state index contributed by atoms with van der Waals surface area (Å²) in [4.78, 5) is 3.32. The van der Waals surface area contributed by atoms with Crippen molar-refractivity contribution in [3.05, 3.63) is 36.0 Å². The van der Waals surface area contributed by atoms with Crippen molar-refractivity contribution in [2.24, 2.45) is 0 Å². The molecule has 0 saturated carbocycles. The topological polar surface area (TPSA) is 27.8 Å². The van der Waals surface area contributed by atoms with Gasteiger partial charge < -0.3 is 10.3 Å². The summed E-state index contributed by atoms with van der Waals surface area (Å²) in [5, 5.41) is 5.76. The van der Waals surface area contributed by atoms with Crippen molar-refractivity contribution in [2.45, 2.75) is 24.6 Å². The first-order valence-corrected chi connectivity index (χ1v) is 7.35. The van der Waals surface area contributed by atoms with E-state index in [2.05, 4.69) is 52.5 Å². The Morgan fingerprint density at radius 1 is 1.35 bits per heavy atom. The van der Waals surface area contributed by atoms with Crippen LogP contribution in [-0.4, -0.2) is 22.5 Å². The fourth-order valence-electron chi connectivity index (χ4n) is 2.45. The van der Waals surface area contributed by atoms with Crippen molar-refractivity contribution in [1.82, 2.24) is 10.3 Å². The smallest absolute Gasteiger partial charge is 0.0457 e. The first-order valence-electron chi connectivity index (χ1n) is 6.31. The van der Waals surface area contributed by atoms with E-state index in [0.717, 1.165) is 18.3 Å². The molecule has 0 radical (unpaired) electrons. The van der Waals surface area contributed by atoms with Crippen LogP contribution in [0.15, 0.2) is 30.5 Å². The zero-order valence-corrected chi connectivity index (χ0v) is 10.7. The maximum absolute atomic E-state index is 3.58. The van der Waals surface area contributed by atoms with E-state index in [0.29, 0.717) is 0 Å². The summed E-state index contributed by atoms with van der Waals surface area (Å²) in [6.07, 6.45) is 4.90. The van der Waals surface area contributed by atoms with Gasteiger partial charge in [0, 0.05) is 35.4 Å². The van der Waals surface area contributed by atoms with Crippen LogP contribution in [0.25, 0.3) is 10.9 Å². The second kappa shape index (κ2) is 5.15. The van der Waals surface area contributed by atoms with Crippen LogP contribution in [0.1, 0.15) is 18.4 Å². The molecular formula is C14H18N2S. The van der Waals surface area contributed by atoms with Crippen molar-refractivity contribution in [3.63, 3.8) is 0 Å². The molecule has 1 aromatic carbocycles. The molecule has 3 heteroatoms. The molecule has 2 aromatic rings. The predicted molar refractivity (Wildman–Crippen MR) is 75.5 cm³/mol. The molecule has 2 nitrogen and oxygen atoms in total. The summed E-state index contributed by atoms with van der Waals surface area (Å²) in [7, 11) is 0. The quantitative estimate of drug-likeness (QED) is 0.867. The van der Waals surface area contributed by atoms with Gasteiger partial charge in [-0.15, -0.1) is 0 Å². The van der Waals surface area contributed by atoms with Crippen LogP contribution < -0.4 is 5.32 Å². The zero-order valence-electron chi connectivity index (χ0n) is 9.91.